The molecule has 2 aliphatic heterocycles. The maximum absolute atomic E-state index is 13.2. The Morgan fingerprint density at radius 1 is 1.14 bits per heavy atom. The van der Waals surface area contributed by atoms with Crippen molar-refractivity contribution in [2.45, 2.75) is 25.4 Å². The fourth-order valence-electron chi connectivity index (χ4n) is 4.40. The molecule has 3 aromatic rings. The Morgan fingerprint density at radius 3 is 2.70 bits per heavy atom. The van der Waals surface area contributed by atoms with Gasteiger partial charge < -0.3 is 19.9 Å². The number of aromatic nitrogens is 3. The minimum atomic E-state index is -0.915. The Hall–Kier alpha value is -4.47. The Balaban J connectivity index is 1.24. The number of likely N-dealkylation sites (N-methyl/N-ethyl adjacent to an activating group) is 1. The Morgan fingerprint density at radius 2 is 1.92 bits per heavy atom. The minimum Gasteiger partial charge on any atom is -0.489 e. The summed E-state index contributed by atoms with van der Waals surface area (Å²) in [4.78, 5) is 45.7. The van der Waals surface area contributed by atoms with E-state index in [2.05, 4.69) is 15.4 Å². The molecule has 1 saturated heterocycles. The molecule has 37 heavy (non-hydrogen) atoms. The van der Waals surface area contributed by atoms with Crippen LogP contribution in [0.4, 0.5) is 5.69 Å². The molecule has 0 spiro atoms. The monoisotopic (exact) mass is 500 g/mol. The first-order valence-corrected chi connectivity index (χ1v) is 12.2. The third kappa shape index (κ3) is 5.53. The molecular formula is C27H28N6O4. The average molecular weight is 501 g/mol. The number of nitrogens with one attached hydrogen (secondary N) is 1. The molecule has 3 heterocycles. The number of rotatable bonds is 6. The van der Waals surface area contributed by atoms with Gasteiger partial charge in [-0.2, -0.15) is 0 Å². The van der Waals surface area contributed by atoms with E-state index in [1.54, 1.807) is 36.0 Å². The molecule has 1 fully saturated rings. The molecule has 190 valence electrons. The van der Waals surface area contributed by atoms with Crippen LogP contribution in [0.3, 0.4) is 0 Å². The van der Waals surface area contributed by atoms with Gasteiger partial charge in [-0.25, -0.2) is 9.67 Å². The van der Waals surface area contributed by atoms with Gasteiger partial charge >= 0.3 is 0 Å². The van der Waals surface area contributed by atoms with E-state index in [9.17, 15) is 14.4 Å². The molecule has 2 aliphatic rings. The van der Waals surface area contributed by atoms with Gasteiger partial charge in [0.2, 0.25) is 11.7 Å². The lowest BCUT2D eigenvalue weighted by atomic mass is 10.1. The molecule has 0 saturated carbocycles. The lowest BCUT2D eigenvalue weighted by molar-refractivity contribution is -0.125. The first kappa shape index (κ1) is 24.2. The van der Waals surface area contributed by atoms with Crippen LogP contribution in [0.25, 0.3) is 6.08 Å². The molecular weight excluding hydrogens is 472 g/mol. The second kappa shape index (κ2) is 10.7. The zero-order valence-corrected chi connectivity index (χ0v) is 20.5. The first-order chi connectivity index (χ1) is 18.0. The second-order valence-electron chi connectivity index (χ2n) is 9.08. The number of likely N-dealkylation sites (tertiary alicyclic amines) is 1. The van der Waals surface area contributed by atoms with Gasteiger partial charge in [0.15, 0.2) is 0 Å². The van der Waals surface area contributed by atoms with Crippen molar-refractivity contribution in [3.63, 3.8) is 0 Å². The number of hydrogen-bond donors (Lipinski definition) is 1. The zero-order chi connectivity index (χ0) is 25.8. The van der Waals surface area contributed by atoms with Crippen LogP contribution in [-0.4, -0.2) is 70.2 Å². The normalized spacial score (nSPS) is 17.4. The number of carbonyl (C=O) groups excluding carboxylic acids is 3. The smallest absolute Gasteiger partial charge is 0.291 e. The van der Waals surface area contributed by atoms with Crippen molar-refractivity contribution in [1.29, 1.82) is 0 Å². The SMILES string of the molecule is CN1C(=O)[C@@H](NC(=O)c2ncn(Cc3ccccc3)n2)COc2ccc(/C=C/C(=O)N3CCCC3)cc21. The summed E-state index contributed by atoms with van der Waals surface area (Å²) in [6.45, 7) is 2.02. The number of amides is 3. The molecule has 1 N–H and O–H groups in total. The van der Waals surface area contributed by atoms with Crippen LogP contribution in [0.1, 0.15) is 34.6 Å². The van der Waals surface area contributed by atoms with E-state index in [0.717, 1.165) is 37.1 Å². The van der Waals surface area contributed by atoms with Gasteiger partial charge in [-0.3, -0.25) is 14.4 Å². The number of ether oxygens (including phenoxy) is 1. The number of hydrogen-bond acceptors (Lipinski definition) is 6. The van der Waals surface area contributed by atoms with Crippen LogP contribution in [0.2, 0.25) is 0 Å². The van der Waals surface area contributed by atoms with E-state index < -0.39 is 11.9 Å². The highest BCUT2D eigenvalue weighted by Gasteiger charge is 2.31. The van der Waals surface area contributed by atoms with Gasteiger partial charge in [0.05, 0.1) is 12.2 Å². The number of benzene rings is 2. The molecule has 0 unspecified atom stereocenters. The summed E-state index contributed by atoms with van der Waals surface area (Å²) in [5, 5.41) is 6.94. The Kier molecular flexibility index (Phi) is 6.98. The summed E-state index contributed by atoms with van der Waals surface area (Å²) in [7, 11) is 1.63. The predicted molar refractivity (Wildman–Crippen MR) is 137 cm³/mol. The van der Waals surface area contributed by atoms with E-state index in [0.29, 0.717) is 18.0 Å². The van der Waals surface area contributed by atoms with Crippen molar-refractivity contribution in [1.82, 2.24) is 25.0 Å². The van der Waals surface area contributed by atoms with Crippen molar-refractivity contribution >= 4 is 29.5 Å². The Bertz CT molecular complexity index is 1330. The topological polar surface area (TPSA) is 110 Å². The van der Waals surface area contributed by atoms with E-state index in [4.69, 9.17) is 4.74 Å². The molecule has 10 heteroatoms. The molecule has 0 bridgehead atoms. The van der Waals surface area contributed by atoms with Crippen molar-refractivity contribution < 1.29 is 19.1 Å². The standard InChI is InChI=1S/C27H28N6O4/c1-31-22-15-19(10-12-24(34)32-13-5-6-14-32)9-11-23(22)37-17-21(27(31)36)29-26(35)25-28-18-33(30-25)16-20-7-3-2-4-8-20/h2-4,7-12,15,18,21H,5-6,13-14,16-17H2,1H3,(H,29,35)/b12-10+/t21-/m0/s1. The minimum absolute atomic E-state index is 0.0179. The summed E-state index contributed by atoms with van der Waals surface area (Å²) in [6.07, 6.45) is 6.84. The van der Waals surface area contributed by atoms with Gasteiger partial charge in [0.25, 0.3) is 11.8 Å². The first-order valence-electron chi connectivity index (χ1n) is 12.2. The molecule has 0 radical (unpaired) electrons. The van der Waals surface area contributed by atoms with Crippen molar-refractivity contribution in [3.8, 4) is 5.75 Å². The van der Waals surface area contributed by atoms with Gasteiger partial charge in [0.1, 0.15) is 24.7 Å². The van der Waals surface area contributed by atoms with Crippen LogP contribution in [0.15, 0.2) is 60.9 Å². The van der Waals surface area contributed by atoms with Crippen molar-refractivity contribution in [3.05, 3.63) is 77.9 Å². The summed E-state index contributed by atoms with van der Waals surface area (Å²) >= 11 is 0. The predicted octanol–water partition coefficient (Wildman–Crippen LogP) is 2.12. The lowest BCUT2D eigenvalue weighted by Gasteiger charge is -2.20. The molecule has 3 amide bonds. The number of carbonyl (C=O) groups is 3. The molecule has 1 aromatic heterocycles. The Labute approximate surface area is 214 Å². The zero-order valence-electron chi connectivity index (χ0n) is 20.5. The summed E-state index contributed by atoms with van der Waals surface area (Å²) in [6, 6.07) is 14.2. The number of anilines is 1. The third-order valence-electron chi connectivity index (χ3n) is 6.45. The van der Waals surface area contributed by atoms with E-state index in [-0.39, 0.29) is 24.2 Å². The summed E-state index contributed by atoms with van der Waals surface area (Å²) < 4.78 is 7.43. The van der Waals surface area contributed by atoms with Gasteiger partial charge in [-0.15, -0.1) is 5.10 Å². The van der Waals surface area contributed by atoms with E-state index >= 15 is 0 Å². The number of fused-ring (bicyclic) bond motifs is 1. The van der Waals surface area contributed by atoms with Gasteiger partial charge in [-0.05, 0) is 42.2 Å². The van der Waals surface area contributed by atoms with Crippen molar-refractivity contribution in [2.75, 3.05) is 31.6 Å². The molecule has 5 rings (SSSR count). The molecule has 10 nitrogen and oxygen atoms in total. The third-order valence-corrected chi connectivity index (χ3v) is 6.45. The van der Waals surface area contributed by atoms with Crippen LogP contribution < -0.4 is 15.0 Å². The molecule has 2 aromatic carbocycles. The maximum Gasteiger partial charge on any atom is 0.291 e. The van der Waals surface area contributed by atoms with Crippen LogP contribution >= 0.6 is 0 Å². The van der Waals surface area contributed by atoms with Gasteiger partial charge in [-0.1, -0.05) is 36.4 Å². The fourth-order valence-corrected chi connectivity index (χ4v) is 4.40. The summed E-state index contributed by atoms with van der Waals surface area (Å²) in [5.41, 5.74) is 2.36. The summed E-state index contributed by atoms with van der Waals surface area (Å²) in [5.74, 6) is -0.415. The lowest BCUT2D eigenvalue weighted by Crippen LogP contribution is -2.49. The highest BCUT2D eigenvalue weighted by molar-refractivity contribution is 6.02. The quantitative estimate of drug-likeness (QED) is 0.520. The highest BCUT2D eigenvalue weighted by atomic mass is 16.5. The van der Waals surface area contributed by atoms with E-state index in [1.807, 2.05) is 41.3 Å². The maximum atomic E-state index is 13.2. The van der Waals surface area contributed by atoms with E-state index in [1.165, 1.54) is 11.2 Å². The second-order valence-corrected chi connectivity index (χ2v) is 9.08. The van der Waals surface area contributed by atoms with Gasteiger partial charge in [0, 0.05) is 26.2 Å². The highest BCUT2D eigenvalue weighted by Crippen LogP contribution is 2.32. The molecule has 0 aliphatic carbocycles. The van der Waals surface area contributed by atoms with Crippen LogP contribution in [0, 0.1) is 0 Å². The van der Waals surface area contributed by atoms with Crippen LogP contribution in [0.5, 0.6) is 5.75 Å². The fraction of sp³-hybridized carbons (Fsp3) is 0.296. The number of nitrogens with zero attached hydrogens (tertiary/aromatic N) is 5. The largest absolute Gasteiger partial charge is 0.489 e. The van der Waals surface area contributed by atoms with Crippen LogP contribution in [-0.2, 0) is 16.1 Å². The average Bonchev–Trinajstić information content (AvgIpc) is 3.61. The van der Waals surface area contributed by atoms with Crippen molar-refractivity contribution in [2.24, 2.45) is 0 Å². The molecule has 1 atom stereocenters.